The van der Waals surface area contributed by atoms with Crippen LogP contribution in [0.25, 0.3) is 16.9 Å². The SMILES string of the molecule is Cc1ccc(CNC(=O)C2CN(c3ncnc4ccc(-c5ccc(OCC(C)(C)O)cc5)n34)C2)cc1. The number of aryl methyl sites for hydroxylation is 1. The number of aliphatic hydroxyl groups is 1. The van der Waals surface area contributed by atoms with Gasteiger partial charge in [0.15, 0.2) is 0 Å². The molecule has 1 aliphatic rings. The van der Waals surface area contributed by atoms with Gasteiger partial charge in [0.05, 0.1) is 17.2 Å². The third kappa shape index (κ3) is 5.18. The summed E-state index contributed by atoms with van der Waals surface area (Å²) < 4.78 is 7.70. The Morgan fingerprint density at radius 3 is 2.47 bits per heavy atom. The summed E-state index contributed by atoms with van der Waals surface area (Å²) in [5, 5.41) is 12.9. The van der Waals surface area contributed by atoms with Gasteiger partial charge in [-0.15, -0.1) is 0 Å². The van der Waals surface area contributed by atoms with Gasteiger partial charge in [0.25, 0.3) is 0 Å². The number of carbonyl (C=O) groups is 1. The minimum absolute atomic E-state index is 0.0616. The lowest BCUT2D eigenvalue weighted by Gasteiger charge is -2.39. The first kappa shape index (κ1) is 23.8. The molecule has 0 radical (unpaired) electrons. The summed E-state index contributed by atoms with van der Waals surface area (Å²) in [4.78, 5) is 23.8. The van der Waals surface area contributed by atoms with Crippen LogP contribution in [0.4, 0.5) is 5.95 Å². The first-order valence-corrected chi connectivity index (χ1v) is 12.1. The van der Waals surface area contributed by atoms with Gasteiger partial charge in [-0.25, -0.2) is 9.97 Å². The number of anilines is 1. The van der Waals surface area contributed by atoms with Crippen molar-refractivity contribution < 1.29 is 14.6 Å². The highest BCUT2D eigenvalue weighted by Gasteiger charge is 2.35. The van der Waals surface area contributed by atoms with Gasteiger partial charge in [0, 0.05) is 19.6 Å². The van der Waals surface area contributed by atoms with E-state index in [2.05, 4.69) is 39.2 Å². The fourth-order valence-electron chi connectivity index (χ4n) is 4.21. The van der Waals surface area contributed by atoms with Gasteiger partial charge in [0.1, 0.15) is 24.3 Å². The van der Waals surface area contributed by atoms with Crippen molar-refractivity contribution in [2.45, 2.75) is 32.9 Å². The van der Waals surface area contributed by atoms with Crippen LogP contribution in [0.1, 0.15) is 25.0 Å². The Morgan fingerprint density at radius 1 is 1.06 bits per heavy atom. The van der Waals surface area contributed by atoms with E-state index in [1.807, 2.05) is 52.9 Å². The lowest BCUT2D eigenvalue weighted by molar-refractivity contribution is -0.125. The number of ether oxygens (including phenoxy) is 1. The van der Waals surface area contributed by atoms with Crippen LogP contribution in [-0.4, -0.2) is 50.7 Å². The summed E-state index contributed by atoms with van der Waals surface area (Å²) in [6, 6.07) is 19.9. The number of aromatic nitrogens is 3. The predicted octanol–water partition coefficient (Wildman–Crippen LogP) is 3.61. The van der Waals surface area contributed by atoms with Gasteiger partial charge < -0.3 is 20.1 Å². The molecule has 0 aliphatic carbocycles. The molecule has 2 aromatic carbocycles. The van der Waals surface area contributed by atoms with Crippen LogP contribution in [0.5, 0.6) is 5.75 Å². The molecule has 8 heteroatoms. The highest BCUT2D eigenvalue weighted by Crippen LogP contribution is 2.30. The van der Waals surface area contributed by atoms with Crippen LogP contribution >= 0.6 is 0 Å². The van der Waals surface area contributed by atoms with Crippen molar-refractivity contribution >= 4 is 17.5 Å². The van der Waals surface area contributed by atoms with E-state index < -0.39 is 5.60 Å². The second-order valence-electron chi connectivity index (χ2n) is 10.0. The Morgan fingerprint density at radius 2 is 1.78 bits per heavy atom. The van der Waals surface area contributed by atoms with Crippen LogP contribution in [-0.2, 0) is 11.3 Å². The average molecular weight is 486 g/mol. The van der Waals surface area contributed by atoms with Crippen molar-refractivity contribution in [2.75, 3.05) is 24.6 Å². The van der Waals surface area contributed by atoms with Crippen LogP contribution in [0.2, 0.25) is 0 Å². The topological polar surface area (TPSA) is 92.0 Å². The van der Waals surface area contributed by atoms with Gasteiger partial charge >= 0.3 is 0 Å². The predicted molar refractivity (Wildman–Crippen MR) is 139 cm³/mol. The molecule has 0 atom stereocenters. The van der Waals surface area contributed by atoms with E-state index in [9.17, 15) is 9.90 Å². The van der Waals surface area contributed by atoms with Crippen LogP contribution in [0.3, 0.4) is 0 Å². The lowest BCUT2D eigenvalue weighted by Crippen LogP contribution is -2.54. The summed E-state index contributed by atoms with van der Waals surface area (Å²) in [6.07, 6.45) is 1.56. The smallest absolute Gasteiger partial charge is 0.226 e. The van der Waals surface area contributed by atoms with E-state index in [0.717, 1.165) is 28.4 Å². The number of nitrogens with one attached hydrogen (secondary N) is 1. The number of carbonyl (C=O) groups excluding carboxylic acids is 1. The molecular weight excluding hydrogens is 454 g/mol. The number of benzene rings is 2. The molecule has 1 aliphatic heterocycles. The summed E-state index contributed by atoms with van der Waals surface area (Å²) in [7, 11) is 0. The molecule has 4 aromatic rings. The molecular formula is C28H31N5O3. The molecule has 2 aromatic heterocycles. The standard InChI is InChI=1S/C28H31N5O3/c1-19-4-6-20(7-5-19)14-29-26(34)22-15-32(16-22)27-31-18-30-25-13-12-24(33(25)27)21-8-10-23(11-9-21)36-17-28(2,3)35/h4-13,18,22,35H,14-17H2,1-3H3,(H,29,34). The first-order valence-electron chi connectivity index (χ1n) is 12.1. The molecule has 2 N–H and O–H groups in total. The molecule has 36 heavy (non-hydrogen) atoms. The molecule has 5 rings (SSSR count). The van der Waals surface area contributed by atoms with Crippen molar-refractivity contribution in [1.29, 1.82) is 0 Å². The van der Waals surface area contributed by atoms with Crippen molar-refractivity contribution in [3.63, 3.8) is 0 Å². The number of fused-ring (bicyclic) bond motifs is 1. The van der Waals surface area contributed by atoms with E-state index in [-0.39, 0.29) is 18.4 Å². The Bertz CT molecular complexity index is 1350. The second-order valence-corrected chi connectivity index (χ2v) is 10.0. The molecule has 0 bridgehead atoms. The van der Waals surface area contributed by atoms with Crippen LogP contribution in [0, 0.1) is 12.8 Å². The molecule has 0 unspecified atom stereocenters. The first-order chi connectivity index (χ1) is 17.3. The molecule has 0 spiro atoms. The summed E-state index contributed by atoms with van der Waals surface area (Å²) >= 11 is 0. The minimum atomic E-state index is -0.894. The minimum Gasteiger partial charge on any atom is -0.491 e. The highest BCUT2D eigenvalue weighted by molar-refractivity contribution is 5.82. The molecule has 1 saturated heterocycles. The molecule has 8 nitrogen and oxygen atoms in total. The van der Waals surface area contributed by atoms with E-state index in [1.165, 1.54) is 5.56 Å². The van der Waals surface area contributed by atoms with Crippen molar-refractivity contribution in [3.8, 4) is 17.0 Å². The Hall–Kier alpha value is -3.91. The van der Waals surface area contributed by atoms with E-state index in [4.69, 9.17) is 4.74 Å². The lowest BCUT2D eigenvalue weighted by atomic mass is 9.99. The molecule has 186 valence electrons. The van der Waals surface area contributed by atoms with Crippen LogP contribution < -0.4 is 15.0 Å². The van der Waals surface area contributed by atoms with Gasteiger partial charge in [-0.3, -0.25) is 9.20 Å². The number of amides is 1. The maximum absolute atomic E-state index is 12.7. The number of nitrogens with zero attached hydrogens (tertiary/aromatic N) is 4. The summed E-state index contributed by atoms with van der Waals surface area (Å²) in [5.74, 6) is 1.45. The second kappa shape index (κ2) is 9.62. The largest absolute Gasteiger partial charge is 0.491 e. The Labute approximate surface area is 210 Å². The van der Waals surface area contributed by atoms with E-state index >= 15 is 0 Å². The summed E-state index contributed by atoms with van der Waals surface area (Å²) in [5.41, 5.74) is 4.16. The molecule has 0 saturated carbocycles. The zero-order valence-electron chi connectivity index (χ0n) is 20.8. The zero-order valence-corrected chi connectivity index (χ0v) is 20.8. The average Bonchev–Trinajstić information content (AvgIpc) is 3.26. The maximum atomic E-state index is 12.7. The molecule has 1 fully saturated rings. The molecule has 1 amide bonds. The Kier molecular flexibility index (Phi) is 6.36. The third-order valence-electron chi connectivity index (χ3n) is 6.29. The van der Waals surface area contributed by atoms with E-state index in [1.54, 1.807) is 20.2 Å². The van der Waals surface area contributed by atoms with Crippen LogP contribution in [0.15, 0.2) is 67.0 Å². The zero-order chi connectivity index (χ0) is 25.3. The van der Waals surface area contributed by atoms with Gasteiger partial charge in [-0.05, 0) is 68.3 Å². The van der Waals surface area contributed by atoms with Crippen molar-refractivity contribution in [1.82, 2.24) is 19.7 Å². The van der Waals surface area contributed by atoms with Gasteiger partial charge in [0.2, 0.25) is 11.9 Å². The molecule has 3 heterocycles. The highest BCUT2D eigenvalue weighted by atomic mass is 16.5. The number of rotatable bonds is 8. The fourth-order valence-corrected chi connectivity index (χ4v) is 4.21. The van der Waals surface area contributed by atoms with E-state index in [0.29, 0.717) is 25.4 Å². The van der Waals surface area contributed by atoms with Crippen molar-refractivity contribution in [2.24, 2.45) is 5.92 Å². The fraction of sp³-hybridized carbons (Fsp3) is 0.321. The third-order valence-corrected chi connectivity index (χ3v) is 6.29. The maximum Gasteiger partial charge on any atom is 0.226 e. The van der Waals surface area contributed by atoms with Crippen molar-refractivity contribution in [3.05, 3.63) is 78.1 Å². The normalized spacial score (nSPS) is 14.1. The van der Waals surface area contributed by atoms with Gasteiger partial charge in [-0.1, -0.05) is 29.8 Å². The number of hydrogen-bond donors (Lipinski definition) is 2. The van der Waals surface area contributed by atoms with Gasteiger partial charge in [-0.2, -0.15) is 0 Å². The summed E-state index contributed by atoms with van der Waals surface area (Å²) in [6.45, 7) is 7.43. The quantitative estimate of drug-likeness (QED) is 0.396. The Balaban J connectivity index is 1.27. The number of hydrogen-bond acceptors (Lipinski definition) is 6. The monoisotopic (exact) mass is 485 g/mol.